The molecule has 3 aliphatic heterocycles. The van der Waals surface area contributed by atoms with Gasteiger partial charge in [0.2, 0.25) is 0 Å². The van der Waals surface area contributed by atoms with Crippen LogP contribution in [0.15, 0.2) is 54.6 Å². The van der Waals surface area contributed by atoms with E-state index in [-0.39, 0.29) is 55.1 Å². The number of unbranched alkanes of at least 4 members (excludes halogenated alkanes) is 10. The average Bonchev–Trinajstić information content (AvgIpc) is 3.66. The summed E-state index contributed by atoms with van der Waals surface area (Å²) in [6, 6.07) is 20.9. The minimum absolute atomic E-state index is 0.00154. The van der Waals surface area contributed by atoms with E-state index in [0.717, 1.165) is 24.0 Å². The van der Waals surface area contributed by atoms with Crippen LogP contribution in [0.3, 0.4) is 0 Å². The summed E-state index contributed by atoms with van der Waals surface area (Å²) in [5, 5.41) is 3.31. The molecule has 364 valence electrons. The van der Waals surface area contributed by atoms with Crippen LogP contribution in [-0.2, 0) is 22.4 Å². The molecule has 1 aliphatic carbocycles. The molecule has 7 rings (SSSR count). The van der Waals surface area contributed by atoms with Crippen LogP contribution in [0.25, 0.3) is 0 Å². The summed E-state index contributed by atoms with van der Waals surface area (Å²) in [6.45, 7) is 47.6. The zero-order chi connectivity index (χ0) is 48.9. The molecule has 3 aromatic rings. The van der Waals surface area contributed by atoms with E-state index in [9.17, 15) is 4.79 Å². The predicted octanol–water partition coefficient (Wildman–Crippen LogP) is 16.0. The molecule has 3 aromatic carbocycles. The van der Waals surface area contributed by atoms with Gasteiger partial charge < -0.3 is 19.9 Å². The van der Waals surface area contributed by atoms with Crippen LogP contribution < -0.4 is 15.1 Å². The fourth-order valence-electron chi connectivity index (χ4n) is 14.1. The van der Waals surface area contributed by atoms with Crippen molar-refractivity contribution < 1.29 is 9.53 Å². The zero-order valence-electron chi connectivity index (χ0n) is 45.6. The van der Waals surface area contributed by atoms with Gasteiger partial charge in [-0.05, 0) is 153 Å². The molecule has 0 bridgehead atoms. The quantitative estimate of drug-likeness (QED) is 0.154. The van der Waals surface area contributed by atoms with Crippen molar-refractivity contribution in [1.82, 2.24) is 5.32 Å². The topological polar surface area (TPSA) is 44.8 Å². The lowest BCUT2D eigenvalue weighted by molar-refractivity contribution is 0.0219. The van der Waals surface area contributed by atoms with Crippen molar-refractivity contribution in [2.24, 2.45) is 21.7 Å². The second-order valence-corrected chi connectivity index (χ2v) is 26.1. The van der Waals surface area contributed by atoms with E-state index in [1.54, 1.807) is 0 Å². The Labute approximate surface area is 404 Å². The van der Waals surface area contributed by atoms with E-state index in [0.29, 0.717) is 18.7 Å². The molecule has 1 spiro atoms. The summed E-state index contributed by atoms with van der Waals surface area (Å²) in [5.41, 5.74) is 8.73. The summed E-state index contributed by atoms with van der Waals surface area (Å²) in [4.78, 5) is 19.5. The van der Waals surface area contributed by atoms with E-state index >= 15 is 0 Å². The first-order chi connectivity index (χ1) is 30.5. The van der Waals surface area contributed by atoms with Crippen molar-refractivity contribution in [2.75, 3.05) is 16.3 Å². The van der Waals surface area contributed by atoms with Crippen LogP contribution in [0.5, 0.6) is 0 Å². The van der Waals surface area contributed by atoms with Crippen molar-refractivity contribution in [3.63, 3.8) is 0 Å². The number of ether oxygens (including phenoxy) is 1. The van der Waals surface area contributed by atoms with Gasteiger partial charge in [0, 0.05) is 51.1 Å². The summed E-state index contributed by atoms with van der Waals surface area (Å²) < 4.78 is 7.38. The maximum absolute atomic E-state index is 14.1. The Kier molecular flexibility index (Phi) is 12.8. The lowest BCUT2D eigenvalue weighted by atomic mass is 9.57. The first-order valence-electron chi connectivity index (χ1n) is 26.4. The Balaban J connectivity index is 1.29. The fourth-order valence-corrected chi connectivity index (χ4v) is 14.1. The number of carbonyl (C=O) groups excluding carboxylic acids is 1. The molecule has 0 atom stereocenters. The van der Waals surface area contributed by atoms with Gasteiger partial charge in [-0.15, -0.1) is 0 Å². The van der Waals surface area contributed by atoms with Gasteiger partial charge in [-0.3, -0.25) is 4.79 Å². The van der Waals surface area contributed by atoms with Crippen LogP contribution in [0.2, 0.25) is 0 Å². The highest BCUT2D eigenvalue weighted by Gasteiger charge is 2.69. The Bertz CT molecular complexity index is 2140. The molecule has 4 aliphatic rings. The molecule has 0 radical (unpaired) electrons. The number of rotatable bonds is 15. The van der Waals surface area contributed by atoms with E-state index in [2.05, 4.69) is 195 Å². The van der Waals surface area contributed by atoms with Crippen molar-refractivity contribution in [3.8, 4) is 0 Å². The van der Waals surface area contributed by atoms with Gasteiger partial charge in [-0.25, -0.2) is 0 Å². The van der Waals surface area contributed by atoms with Gasteiger partial charge in [-0.1, -0.05) is 159 Å². The number of fused-ring (bicyclic) bond motifs is 6. The van der Waals surface area contributed by atoms with E-state index in [4.69, 9.17) is 4.74 Å². The molecule has 66 heavy (non-hydrogen) atoms. The number of nitrogens with zero attached hydrogens (tertiary/aromatic N) is 2. The minimum atomic E-state index is -0.873. The van der Waals surface area contributed by atoms with E-state index < -0.39 is 5.60 Å². The largest absolute Gasteiger partial charge is 0.360 e. The van der Waals surface area contributed by atoms with Crippen molar-refractivity contribution >= 4 is 17.3 Å². The van der Waals surface area contributed by atoms with Gasteiger partial charge in [0.15, 0.2) is 0 Å². The molecule has 2 fully saturated rings. The standard InChI is InChI=1S/C61H93N3O2/c1-20-21-22-23-24-25-26-27-28-29-30-37-62-51(65)42-31-32-43-41-66-61(48(43)38-42)46-35-33-44(63-57(12,13)53(4,5)54(6,7)58(63,14)15)39-49(46)52(2,3)50-40-45(34-36-47(50)61)64-59(16,17)55(8,9)56(10,11)60(64,18)19/h31-36,38-40H,20-30,37,41H2,1-19H3,(H,62,65). The summed E-state index contributed by atoms with van der Waals surface area (Å²) in [5.74, 6) is 0.00154. The lowest BCUT2D eigenvalue weighted by Gasteiger charge is -2.50. The third kappa shape index (κ3) is 7.01. The second kappa shape index (κ2) is 16.7. The summed E-state index contributed by atoms with van der Waals surface area (Å²) >= 11 is 0. The van der Waals surface area contributed by atoms with Gasteiger partial charge in [-0.2, -0.15) is 0 Å². The average molecular weight is 900 g/mol. The molecule has 5 heteroatoms. The molecule has 5 nitrogen and oxygen atoms in total. The fraction of sp³-hybridized carbons (Fsp3) is 0.689. The van der Waals surface area contributed by atoms with Crippen molar-refractivity contribution in [1.29, 1.82) is 0 Å². The molecule has 3 heterocycles. The summed E-state index contributed by atoms with van der Waals surface area (Å²) in [6.07, 6.45) is 14.2. The maximum Gasteiger partial charge on any atom is 0.251 e. The number of hydrogen-bond acceptors (Lipinski definition) is 4. The smallest absolute Gasteiger partial charge is 0.251 e. The van der Waals surface area contributed by atoms with Crippen molar-refractivity contribution in [3.05, 3.63) is 93.5 Å². The normalized spacial score (nSPS) is 23.4. The lowest BCUT2D eigenvalue weighted by Crippen LogP contribution is -2.53. The third-order valence-corrected chi connectivity index (χ3v) is 21.4. The van der Waals surface area contributed by atoms with Crippen LogP contribution >= 0.6 is 0 Å². The second-order valence-electron chi connectivity index (χ2n) is 26.1. The van der Waals surface area contributed by atoms with Crippen molar-refractivity contribution in [2.45, 2.75) is 242 Å². The minimum Gasteiger partial charge on any atom is -0.360 e. The number of carbonyl (C=O) groups is 1. The Morgan fingerprint density at radius 1 is 0.485 bits per heavy atom. The molecule has 2 saturated heterocycles. The molecule has 0 saturated carbocycles. The van der Waals surface area contributed by atoms with Gasteiger partial charge in [0.1, 0.15) is 5.60 Å². The highest BCUT2D eigenvalue weighted by molar-refractivity contribution is 5.94. The monoisotopic (exact) mass is 900 g/mol. The molecule has 1 N–H and O–H groups in total. The van der Waals surface area contributed by atoms with Crippen LogP contribution in [0.4, 0.5) is 11.4 Å². The number of hydrogen-bond donors (Lipinski definition) is 1. The van der Waals surface area contributed by atoms with Crippen LogP contribution in [0.1, 0.15) is 246 Å². The maximum atomic E-state index is 14.1. The SMILES string of the molecule is CCCCCCCCCCCCCNC(=O)c1ccc2c(c1)C1(OC2)c2ccc(N3C(C)(C)C(C)(C)C(C)(C)C3(C)C)cc2C(C)(C)c2cc(N3C(C)(C)C(C)(C)C(C)(C)C3(C)C)ccc21. The predicted molar refractivity (Wildman–Crippen MR) is 281 cm³/mol. The first-order valence-corrected chi connectivity index (χ1v) is 26.4. The molecule has 0 aromatic heterocycles. The Hall–Kier alpha value is -3.31. The summed E-state index contributed by atoms with van der Waals surface area (Å²) in [7, 11) is 0. The van der Waals surface area contributed by atoms with Crippen LogP contribution in [0, 0.1) is 21.7 Å². The van der Waals surface area contributed by atoms with Gasteiger partial charge in [0.05, 0.1) is 6.61 Å². The number of benzene rings is 3. The van der Waals surface area contributed by atoms with Crippen LogP contribution in [-0.4, -0.2) is 34.6 Å². The van der Waals surface area contributed by atoms with E-state index in [1.807, 2.05) is 6.07 Å². The third-order valence-electron chi connectivity index (χ3n) is 21.4. The molecular formula is C61H93N3O2. The molecule has 1 amide bonds. The highest BCUT2D eigenvalue weighted by atomic mass is 16.5. The number of anilines is 2. The molecule has 0 unspecified atom stereocenters. The molecular weight excluding hydrogens is 807 g/mol. The number of amides is 1. The Morgan fingerprint density at radius 3 is 1.29 bits per heavy atom. The first kappa shape index (κ1) is 50.6. The Morgan fingerprint density at radius 2 is 0.879 bits per heavy atom. The van der Waals surface area contributed by atoms with Gasteiger partial charge in [0.25, 0.3) is 5.91 Å². The zero-order valence-corrected chi connectivity index (χ0v) is 45.6. The highest BCUT2D eigenvalue weighted by Crippen LogP contribution is 2.67. The van der Waals surface area contributed by atoms with Gasteiger partial charge >= 0.3 is 0 Å². The van der Waals surface area contributed by atoms with E-state index in [1.165, 1.54) is 91.4 Å². The number of nitrogens with one attached hydrogen (secondary N) is 1.